The monoisotopic (exact) mass is 332 g/mol. The number of aliphatic carboxylic acids is 1. The van der Waals surface area contributed by atoms with Crippen molar-refractivity contribution in [3.05, 3.63) is 17.4 Å². The van der Waals surface area contributed by atoms with Gasteiger partial charge in [-0.1, -0.05) is 0 Å². The molecule has 0 saturated heterocycles. The second-order valence-corrected chi connectivity index (χ2v) is 7.29. The maximum Gasteiger partial charge on any atom is 0.303 e. The molecule has 0 unspecified atom stereocenters. The fraction of sp³-hybridized carbons (Fsp3) is 0.538. The summed E-state index contributed by atoms with van der Waals surface area (Å²) in [6.07, 6.45) is 0.156. The minimum atomic E-state index is -3.77. The molecule has 1 aromatic heterocycles. The van der Waals surface area contributed by atoms with Gasteiger partial charge in [-0.05, 0) is 34.2 Å². The molecule has 1 amide bonds. The molecule has 1 aromatic rings. The Morgan fingerprint density at radius 2 is 1.95 bits per heavy atom. The van der Waals surface area contributed by atoms with E-state index in [1.807, 2.05) is 0 Å². The van der Waals surface area contributed by atoms with Crippen molar-refractivity contribution in [1.82, 2.24) is 10.0 Å². The van der Waals surface area contributed by atoms with Gasteiger partial charge in [0.05, 0.1) is 5.56 Å². The Kier molecular flexibility index (Phi) is 5.36. The van der Waals surface area contributed by atoms with E-state index in [2.05, 4.69) is 10.0 Å². The number of rotatable bonds is 7. The van der Waals surface area contributed by atoms with Gasteiger partial charge in [0.1, 0.15) is 5.76 Å². The van der Waals surface area contributed by atoms with Gasteiger partial charge in [0.15, 0.2) is 0 Å². The number of carbonyl (C=O) groups excluding carboxylic acids is 1. The molecule has 3 N–H and O–H groups in total. The van der Waals surface area contributed by atoms with Crippen molar-refractivity contribution in [2.24, 2.45) is 0 Å². The summed E-state index contributed by atoms with van der Waals surface area (Å²) in [6.45, 7) is 4.86. The molecule has 0 aromatic carbocycles. The molecule has 0 aliphatic rings. The van der Waals surface area contributed by atoms with Crippen molar-refractivity contribution in [3.63, 3.8) is 0 Å². The van der Waals surface area contributed by atoms with Crippen molar-refractivity contribution < 1.29 is 27.5 Å². The van der Waals surface area contributed by atoms with Crippen molar-refractivity contribution >= 4 is 21.9 Å². The minimum Gasteiger partial charge on any atom is -0.481 e. The summed E-state index contributed by atoms with van der Waals surface area (Å²) in [5.74, 6) is -1.31. The lowest BCUT2D eigenvalue weighted by Gasteiger charge is -2.25. The largest absolute Gasteiger partial charge is 0.481 e. The summed E-state index contributed by atoms with van der Waals surface area (Å²) < 4.78 is 30.5. The number of sulfonamides is 1. The minimum absolute atomic E-state index is 0.0863. The van der Waals surface area contributed by atoms with Crippen LogP contribution in [0.3, 0.4) is 0 Å². The number of amides is 1. The number of carboxylic acid groups (broad SMARTS) is 1. The fourth-order valence-corrected chi connectivity index (χ4v) is 2.48. The average Bonchev–Trinajstić information content (AvgIpc) is 2.79. The molecule has 0 spiro atoms. The molecule has 0 bridgehead atoms. The van der Waals surface area contributed by atoms with Crippen molar-refractivity contribution in [3.8, 4) is 0 Å². The van der Waals surface area contributed by atoms with Gasteiger partial charge in [0.25, 0.3) is 15.9 Å². The first-order chi connectivity index (χ1) is 9.98. The van der Waals surface area contributed by atoms with Crippen molar-refractivity contribution in [2.75, 3.05) is 7.05 Å². The second-order valence-electron chi connectivity index (χ2n) is 5.47. The van der Waals surface area contributed by atoms with Crippen molar-refractivity contribution in [2.45, 2.75) is 44.2 Å². The normalized spacial score (nSPS) is 12.2. The van der Waals surface area contributed by atoms with Crippen molar-refractivity contribution in [1.29, 1.82) is 0 Å². The lowest BCUT2D eigenvalue weighted by molar-refractivity contribution is -0.137. The molecule has 124 valence electrons. The lowest BCUT2D eigenvalue weighted by Crippen LogP contribution is -2.43. The first kappa shape index (κ1) is 18.2. The van der Waals surface area contributed by atoms with Gasteiger partial charge in [0, 0.05) is 18.0 Å². The Balaban J connectivity index is 2.93. The first-order valence-electron chi connectivity index (χ1n) is 6.57. The molecule has 0 aliphatic carbocycles. The maximum absolute atomic E-state index is 12.2. The highest BCUT2D eigenvalue weighted by Gasteiger charge is 2.27. The van der Waals surface area contributed by atoms with E-state index in [1.165, 1.54) is 14.0 Å². The Hall–Kier alpha value is -1.87. The quantitative estimate of drug-likeness (QED) is 0.680. The average molecular weight is 332 g/mol. The van der Waals surface area contributed by atoms with Gasteiger partial charge in [-0.15, -0.1) is 0 Å². The summed E-state index contributed by atoms with van der Waals surface area (Å²) in [4.78, 5) is 22.8. The number of furan rings is 1. The topological polar surface area (TPSA) is 126 Å². The van der Waals surface area contributed by atoms with Crippen LogP contribution in [0.5, 0.6) is 0 Å². The van der Waals surface area contributed by atoms with Gasteiger partial charge in [0.2, 0.25) is 5.09 Å². The van der Waals surface area contributed by atoms with Crippen LogP contribution in [-0.2, 0) is 14.8 Å². The van der Waals surface area contributed by atoms with Gasteiger partial charge in [-0.2, -0.15) is 0 Å². The van der Waals surface area contributed by atoms with E-state index >= 15 is 0 Å². The van der Waals surface area contributed by atoms with Crippen LogP contribution in [0.2, 0.25) is 0 Å². The van der Waals surface area contributed by atoms with E-state index < -0.39 is 27.4 Å². The molecular formula is C13H20N2O6S. The van der Waals surface area contributed by atoms with E-state index in [0.29, 0.717) is 0 Å². The highest BCUT2D eigenvalue weighted by atomic mass is 32.2. The molecule has 0 atom stereocenters. The van der Waals surface area contributed by atoms with E-state index in [-0.39, 0.29) is 29.3 Å². The molecule has 1 rings (SSSR count). The molecule has 0 radical (unpaired) electrons. The number of aryl methyl sites for hydroxylation is 1. The van der Waals surface area contributed by atoms with Crippen LogP contribution >= 0.6 is 0 Å². The molecule has 0 saturated carbocycles. The van der Waals surface area contributed by atoms with Crippen LogP contribution in [0.25, 0.3) is 0 Å². The fourth-order valence-electron chi connectivity index (χ4n) is 1.77. The van der Waals surface area contributed by atoms with E-state index in [4.69, 9.17) is 9.52 Å². The van der Waals surface area contributed by atoms with E-state index in [0.717, 1.165) is 6.07 Å². The Labute approximate surface area is 128 Å². The van der Waals surface area contributed by atoms with Gasteiger partial charge in [-0.3, -0.25) is 9.59 Å². The molecule has 0 fully saturated rings. The number of hydrogen-bond donors (Lipinski definition) is 3. The summed E-state index contributed by atoms with van der Waals surface area (Å²) in [7, 11) is -2.53. The third-order valence-electron chi connectivity index (χ3n) is 3.09. The number of carbonyl (C=O) groups is 2. The Morgan fingerprint density at radius 1 is 1.36 bits per heavy atom. The van der Waals surface area contributed by atoms with E-state index in [9.17, 15) is 18.0 Å². The molecule has 0 aliphatic heterocycles. The van der Waals surface area contributed by atoms with Crippen LogP contribution in [0.4, 0.5) is 0 Å². The van der Waals surface area contributed by atoms with Gasteiger partial charge < -0.3 is 14.8 Å². The smallest absolute Gasteiger partial charge is 0.303 e. The second kappa shape index (κ2) is 6.49. The zero-order valence-corrected chi connectivity index (χ0v) is 13.7. The van der Waals surface area contributed by atoms with Crippen LogP contribution in [0.1, 0.15) is 42.8 Å². The summed E-state index contributed by atoms with van der Waals surface area (Å²) in [5, 5.41) is 11.0. The highest BCUT2D eigenvalue weighted by molar-refractivity contribution is 7.89. The third-order valence-corrected chi connectivity index (χ3v) is 4.36. The van der Waals surface area contributed by atoms with Gasteiger partial charge in [-0.25, -0.2) is 13.1 Å². The number of hydrogen-bond acceptors (Lipinski definition) is 5. The Morgan fingerprint density at radius 3 is 2.45 bits per heavy atom. The predicted molar refractivity (Wildman–Crippen MR) is 78.1 cm³/mol. The zero-order chi connectivity index (χ0) is 17.1. The molecule has 22 heavy (non-hydrogen) atoms. The number of nitrogens with one attached hydrogen (secondary N) is 2. The standard InChI is InChI=1S/C13H20N2O6S/c1-8-9(7-11(21-8)22(19,20)14-4)12(18)15-13(2,3)6-5-10(16)17/h7,14H,5-6H2,1-4H3,(H,15,18)(H,16,17). The number of carboxylic acids is 1. The molecule has 9 heteroatoms. The third kappa shape index (κ3) is 4.57. The maximum atomic E-state index is 12.2. The summed E-state index contributed by atoms with van der Waals surface area (Å²) >= 11 is 0. The van der Waals surface area contributed by atoms with E-state index in [1.54, 1.807) is 13.8 Å². The zero-order valence-electron chi connectivity index (χ0n) is 12.9. The van der Waals surface area contributed by atoms with Gasteiger partial charge >= 0.3 is 5.97 Å². The van der Waals surface area contributed by atoms with Crippen LogP contribution in [0, 0.1) is 6.92 Å². The molecule has 8 nitrogen and oxygen atoms in total. The highest BCUT2D eigenvalue weighted by Crippen LogP contribution is 2.20. The first-order valence-corrected chi connectivity index (χ1v) is 8.05. The molecular weight excluding hydrogens is 312 g/mol. The lowest BCUT2D eigenvalue weighted by atomic mass is 9.98. The summed E-state index contributed by atoms with van der Waals surface area (Å²) in [5.41, 5.74) is -0.654. The SMILES string of the molecule is CNS(=O)(=O)c1cc(C(=O)NC(C)(C)CCC(=O)O)c(C)o1. The summed E-state index contributed by atoms with van der Waals surface area (Å²) in [6, 6.07) is 1.14. The van der Waals surface area contributed by atoms with Crippen LogP contribution in [0.15, 0.2) is 15.6 Å². The predicted octanol–water partition coefficient (Wildman–Crippen LogP) is 0.869. The van der Waals surface area contributed by atoms with Crippen LogP contribution in [-0.4, -0.2) is 38.0 Å². The van der Waals surface area contributed by atoms with Crippen LogP contribution < -0.4 is 10.0 Å². The Bertz CT molecular complexity index is 675. The molecule has 1 heterocycles.